The number of rotatable bonds is 6. The van der Waals surface area contributed by atoms with Crippen molar-refractivity contribution in [1.82, 2.24) is 9.88 Å². The summed E-state index contributed by atoms with van der Waals surface area (Å²) in [7, 11) is 3.23. The number of halogens is 1. The molecule has 116 valence electrons. The second-order valence-corrected chi connectivity index (χ2v) is 4.33. The van der Waals surface area contributed by atoms with Gasteiger partial charge in [0.2, 0.25) is 5.91 Å². The van der Waals surface area contributed by atoms with E-state index in [9.17, 15) is 9.59 Å². The zero-order valence-corrected chi connectivity index (χ0v) is 12.7. The van der Waals surface area contributed by atoms with Crippen LogP contribution in [-0.4, -0.2) is 37.3 Å². The molecule has 2 N–H and O–H groups in total. The normalized spacial score (nSPS) is 10.4. The molecule has 8 heteroatoms. The van der Waals surface area contributed by atoms with Gasteiger partial charge in [-0.15, -0.1) is 12.4 Å². The first-order valence-electron chi connectivity index (χ1n) is 6.21. The monoisotopic (exact) mass is 315 g/mol. The van der Waals surface area contributed by atoms with Crippen LogP contribution in [0, 0.1) is 0 Å². The average Bonchev–Trinajstić information content (AvgIpc) is 2.70. The minimum absolute atomic E-state index is 0. The van der Waals surface area contributed by atoms with Crippen LogP contribution in [0.4, 0.5) is 5.69 Å². The van der Waals surface area contributed by atoms with Gasteiger partial charge in [0.25, 0.3) is 0 Å². The van der Waals surface area contributed by atoms with Crippen LogP contribution in [-0.2, 0) is 16.6 Å². The van der Waals surface area contributed by atoms with E-state index in [1.54, 1.807) is 32.4 Å². The number of ether oxygens (including phenoxy) is 1. The van der Waals surface area contributed by atoms with Crippen molar-refractivity contribution in [1.29, 1.82) is 0 Å². The highest BCUT2D eigenvalue weighted by atomic mass is 35.5. The first kappa shape index (κ1) is 17.2. The van der Waals surface area contributed by atoms with Crippen LogP contribution >= 0.6 is 12.4 Å². The quantitative estimate of drug-likeness (QED) is 0.768. The van der Waals surface area contributed by atoms with Gasteiger partial charge in [-0.05, 0) is 12.1 Å². The number of aromatic nitrogens is 1. The summed E-state index contributed by atoms with van der Waals surface area (Å²) in [5, 5.41) is 5.67. The van der Waals surface area contributed by atoms with Crippen molar-refractivity contribution in [2.45, 2.75) is 0 Å². The van der Waals surface area contributed by atoms with Crippen LogP contribution in [0.25, 0.3) is 11.1 Å². The molecule has 1 aromatic heterocycles. The van der Waals surface area contributed by atoms with Crippen molar-refractivity contribution in [3.8, 4) is 0 Å². The Morgan fingerprint density at radius 3 is 2.90 bits per heavy atom. The van der Waals surface area contributed by atoms with Crippen LogP contribution < -0.4 is 16.4 Å². The number of hydrogen-bond acceptors (Lipinski definition) is 5. The third kappa shape index (κ3) is 4.32. The van der Waals surface area contributed by atoms with E-state index in [4.69, 9.17) is 9.15 Å². The molecular formula is C13H18ClN3O4. The summed E-state index contributed by atoms with van der Waals surface area (Å²) in [5.41, 5.74) is 1.72. The average molecular weight is 316 g/mol. The molecule has 0 bridgehead atoms. The van der Waals surface area contributed by atoms with Crippen LogP contribution in [0.5, 0.6) is 0 Å². The van der Waals surface area contributed by atoms with Crippen LogP contribution in [0.2, 0.25) is 0 Å². The van der Waals surface area contributed by atoms with Gasteiger partial charge in [-0.2, -0.15) is 0 Å². The highest BCUT2D eigenvalue weighted by Crippen LogP contribution is 2.17. The molecule has 0 fully saturated rings. The second kappa shape index (κ2) is 7.82. The second-order valence-electron chi connectivity index (χ2n) is 4.33. The van der Waals surface area contributed by atoms with E-state index in [1.165, 1.54) is 4.57 Å². The van der Waals surface area contributed by atoms with Crippen molar-refractivity contribution < 1.29 is 13.9 Å². The molecule has 1 aromatic carbocycles. The molecule has 21 heavy (non-hydrogen) atoms. The van der Waals surface area contributed by atoms with Crippen LogP contribution in [0.3, 0.4) is 0 Å². The third-order valence-corrected chi connectivity index (χ3v) is 2.84. The first-order valence-corrected chi connectivity index (χ1v) is 6.21. The molecular weight excluding hydrogens is 298 g/mol. The van der Waals surface area contributed by atoms with Crippen LogP contribution in [0.15, 0.2) is 27.4 Å². The Bertz CT molecular complexity index is 665. The fourth-order valence-electron chi connectivity index (χ4n) is 1.79. The highest BCUT2D eigenvalue weighted by Gasteiger charge is 2.08. The summed E-state index contributed by atoms with van der Waals surface area (Å²) < 4.78 is 11.3. The smallest absolute Gasteiger partial charge is 0.408 e. The Kier molecular flexibility index (Phi) is 6.41. The molecule has 1 amide bonds. The Labute approximate surface area is 127 Å². The summed E-state index contributed by atoms with van der Waals surface area (Å²) in [5.74, 6) is -0.594. The lowest BCUT2D eigenvalue weighted by atomic mass is 10.3. The Hall–Kier alpha value is -1.83. The molecule has 0 aliphatic heterocycles. The number of benzene rings is 1. The summed E-state index contributed by atoms with van der Waals surface area (Å²) in [6.07, 6.45) is 0. The number of nitrogens with zero attached hydrogens (tertiary/aromatic N) is 1. The molecule has 0 saturated carbocycles. The Balaban J connectivity index is 0.00000220. The van der Waals surface area contributed by atoms with Gasteiger partial charge < -0.3 is 19.8 Å². The van der Waals surface area contributed by atoms with E-state index in [0.29, 0.717) is 29.9 Å². The van der Waals surface area contributed by atoms with E-state index >= 15 is 0 Å². The number of carbonyl (C=O) groups is 1. The topological polar surface area (TPSA) is 85.5 Å². The van der Waals surface area contributed by atoms with E-state index in [2.05, 4.69) is 10.6 Å². The highest BCUT2D eigenvalue weighted by molar-refractivity contribution is 5.94. The predicted molar refractivity (Wildman–Crippen MR) is 82.1 cm³/mol. The largest absolute Gasteiger partial charge is 0.419 e. The molecule has 0 aliphatic rings. The minimum atomic E-state index is -0.426. The zero-order valence-electron chi connectivity index (χ0n) is 11.8. The van der Waals surface area contributed by atoms with Gasteiger partial charge in [-0.3, -0.25) is 9.36 Å². The number of amides is 1. The van der Waals surface area contributed by atoms with Crippen LogP contribution in [0.1, 0.15) is 0 Å². The van der Waals surface area contributed by atoms with Crippen molar-refractivity contribution in [3.63, 3.8) is 0 Å². The molecule has 0 atom stereocenters. The number of nitrogens with one attached hydrogen (secondary N) is 2. The molecule has 0 spiro atoms. The maximum atomic E-state index is 11.7. The van der Waals surface area contributed by atoms with Gasteiger partial charge in [-0.1, -0.05) is 0 Å². The SMILES string of the molecule is COCCNCC(=O)Nc1ccc2c(c1)oc(=O)n2C.Cl. The molecule has 0 saturated heterocycles. The summed E-state index contributed by atoms with van der Waals surface area (Å²) >= 11 is 0. The number of methoxy groups -OCH3 is 1. The van der Waals surface area contributed by atoms with Crippen molar-refractivity contribution in [2.75, 3.05) is 32.1 Å². The number of carbonyl (C=O) groups excluding carboxylic acids is 1. The van der Waals surface area contributed by atoms with Gasteiger partial charge in [0.15, 0.2) is 5.58 Å². The minimum Gasteiger partial charge on any atom is -0.408 e. The lowest BCUT2D eigenvalue weighted by Crippen LogP contribution is -2.30. The molecule has 0 aliphatic carbocycles. The lowest BCUT2D eigenvalue weighted by molar-refractivity contribution is -0.115. The molecule has 2 aromatic rings. The zero-order chi connectivity index (χ0) is 14.5. The number of hydrogen-bond donors (Lipinski definition) is 2. The standard InChI is InChI=1S/C13H17N3O4.ClH/c1-16-10-4-3-9(7-11(10)20-13(16)18)15-12(17)8-14-5-6-19-2;/h3-4,7,14H,5-6,8H2,1-2H3,(H,15,17);1H. The third-order valence-electron chi connectivity index (χ3n) is 2.84. The van der Waals surface area contributed by atoms with Gasteiger partial charge in [-0.25, -0.2) is 4.79 Å². The first-order chi connectivity index (χ1) is 9.61. The van der Waals surface area contributed by atoms with E-state index in [-0.39, 0.29) is 24.9 Å². The number of oxazole rings is 1. The predicted octanol–water partition coefficient (Wildman–Crippen LogP) is 0.728. The summed E-state index contributed by atoms with van der Waals surface area (Å²) in [4.78, 5) is 23.0. The molecule has 2 rings (SSSR count). The summed E-state index contributed by atoms with van der Waals surface area (Å²) in [6.45, 7) is 1.35. The number of anilines is 1. The number of aryl methyl sites for hydroxylation is 1. The lowest BCUT2D eigenvalue weighted by Gasteiger charge is -2.06. The summed E-state index contributed by atoms with van der Waals surface area (Å²) in [6, 6.07) is 5.09. The maximum absolute atomic E-state index is 11.7. The number of fused-ring (bicyclic) bond motifs is 1. The molecule has 7 nitrogen and oxygen atoms in total. The van der Waals surface area contributed by atoms with Crippen molar-refractivity contribution in [3.05, 3.63) is 28.7 Å². The van der Waals surface area contributed by atoms with E-state index in [0.717, 1.165) is 0 Å². The Morgan fingerprint density at radius 2 is 2.19 bits per heavy atom. The van der Waals surface area contributed by atoms with Crippen molar-refractivity contribution in [2.24, 2.45) is 7.05 Å². The molecule has 1 heterocycles. The van der Waals surface area contributed by atoms with Gasteiger partial charge in [0, 0.05) is 32.5 Å². The van der Waals surface area contributed by atoms with E-state index < -0.39 is 5.76 Å². The molecule has 0 unspecified atom stereocenters. The van der Waals surface area contributed by atoms with Crippen molar-refractivity contribution >= 4 is 35.1 Å². The fraction of sp³-hybridized carbons (Fsp3) is 0.385. The van der Waals surface area contributed by atoms with E-state index in [1.807, 2.05) is 0 Å². The van der Waals surface area contributed by atoms with Gasteiger partial charge in [0.05, 0.1) is 18.7 Å². The maximum Gasteiger partial charge on any atom is 0.419 e. The van der Waals surface area contributed by atoms with Gasteiger partial charge in [0.1, 0.15) is 0 Å². The van der Waals surface area contributed by atoms with Gasteiger partial charge >= 0.3 is 5.76 Å². The fourth-order valence-corrected chi connectivity index (χ4v) is 1.79. The Morgan fingerprint density at radius 1 is 1.43 bits per heavy atom. The molecule has 0 radical (unpaired) electrons.